The van der Waals surface area contributed by atoms with Gasteiger partial charge >= 0.3 is 6.36 Å². The molecule has 0 bridgehead atoms. The van der Waals surface area contributed by atoms with Gasteiger partial charge in [0.1, 0.15) is 0 Å². The Morgan fingerprint density at radius 1 is 1.50 bits per heavy atom. The maximum absolute atomic E-state index is 12.3. The number of benzene rings is 1. The number of carbonyl (C=O) groups excluding carboxylic acids is 1. The minimum Gasteiger partial charge on any atom is -0.404 e. The maximum atomic E-state index is 12.3. The summed E-state index contributed by atoms with van der Waals surface area (Å²) in [6.45, 7) is 1.45. The van der Waals surface area contributed by atoms with Gasteiger partial charge in [0.25, 0.3) is 0 Å². The zero-order chi connectivity index (χ0) is 15.5. The van der Waals surface area contributed by atoms with Gasteiger partial charge in [-0.3, -0.25) is 4.79 Å². The molecular weight excluding hydrogens is 361 g/mol. The van der Waals surface area contributed by atoms with Crippen molar-refractivity contribution >= 4 is 44.7 Å². The van der Waals surface area contributed by atoms with Crippen LogP contribution in [0.4, 0.5) is 18.9 Å². The van der Waals surface area contributed by atoms with E-state index in [9.17, 15) is 18.0 Å². The van der Waals surface area contributed by atoms with Crippen molar-refractivity contribution in [3.05, 3.63) is 22.7 Å². The number of rotatable bonds is 4. The Kier molecular flexibility index (Phi) is 5.35. The fraction of sp³-hybridized carbons (Fsp3) is 0.273. The standard InChI is InChI=1S/C11H10BrF3N2O2S/c1-5(9(16)20)10(18)17-7-3-2-6(12)4-8(7)19-11(13,14)15/h2-5H,1H3,(H2,16,20)(H,17,18). The van der Waals surface area contributed by atoms with E-state index in [0.717, 1.165) is 6.07 Å². The minimum absolute atomic E-state index is 0.0575. The number of thiocarbonyl (C=S) groups is 1. The van der Waals surface area contributed by atoms with Crippen LogP contribution in [-0.4, -0.2) is 17.3 Å². The molecule has 0 aromatic heterocycles. The summed E-state index contributed by atoms with van der Waals surface area (Å²) in [6.07, 6.45) is -4.87. The molecule has 0 heterocycles. The highest BCUT2D eigenvalue weighted by Gasteiger charge is 2.32. The summed E-state index contributed by atoms with van der Waals surface area (Å²) < 4.78 is 41.1. The van der Waals surface area contributed by atoms with Crippen LogP contribution in [0.5, 0.6) is 5.75 Å². The van der Waals surface area contributed by atoms with Gasteiger partial charge in [-0.1, -0.05) is 28.1 Å². The number of ether oxygens (including phenoxy) is 1. The van der Waals surface area contributed by atoms with E-state index >= 15 is 0 Å². The maximum Gasteiger partial charge on any atom is 0.573 e. The number of nitrogens with two attached hydrogens (primary N) is 1. The second-order valence-electron chi connectivity index (χ2n) is 3.80. The molecule has 1 rings (SSSR count). The van der Waals surface area contributed by atoms with E-state index in [2.05, 4.69) is 38.2 Å². The normalized spacial score (nSPS) is 12.7. The molecule has 1 atom stereocenters. The molecule has 0 aliphatic rings. The molecule has 0 spiro atoms. The van der Waals surface area contributed by atoms with Crippen LogP contribution < -0.4 is 15.8 Å². The Balaban J connectivity index is 3.00. The highest BCUT2D eigenvalue weighted by Crippen LogP contribution is 2.33. The molecule has 110 valence electrons. The van der Waals surface area contributed by atoms with E-state index in [1.54, 1.807) is 0 Å². The molecule has 0 aliphatic heterocycles. The smallest absolute Gasteiger partial charge is 0.404 e. The van der Waals surface area contributed by atoms with Gasteiger partial charge in [-0.05, 0) is 25.1 Å². The first-order valence-electron chi connectivity index (χ1n) is 5.25. The zero-order valence-corrected chi connectivity index (χ0v) is 12.5. The summed E-state index contributed by atoms with van der Waals surface area (Å²) in [6, 6.07) is 3.83. The molecule has 1 unspecified atom stereocenters. The highest BCUT2D eigenvalue weighted by molar-refractivity contribution is 9.10. The third-order valence-electron chi connectivity index (χ3n) is 2.25. The Labute approximate surface area is 126 Å². The summed E-state index contributed by atoms with van der Waals surface area (Å²) in [5.74, 6) is -1.96. The van der Waals surface area contributed by atoms with E-state index in [1.807, 2.05) is 0 Å². The number of carbonyl (C=O) groups is 1. The molecule has 1 amide bonds. The average Bonchev–Trinajstić information content (AvgIpc) is 2.29. The molecule has 0 radical (unpaired) electrons. The lowest BCUT2D eigenvalue weighted by Crippen LogP contribution is -2.31. The van der Waals surface area contributed by atoms with E-state index in [0.29, 0.717) is 4.47 Å². The molecule has 3 N–H and O–H groups in total. The van der Waals surface area contributed by atoms with Gasteiger partial charge < -0.3 is 15.8 Å². The van der Waals surface area contributed by atoms with Crippen LogP contribution in [-0.2, 0) is 4.79 Å². The molecule has 0 saturated heterocycles. The zero-order valence-electron chi connectivity index (χ0n) is 10.1. The van der Waals surface area contributed by atoms with E-state index in [4.69, 9.17) is 5.73 Å². The highest BCUT2D eigenvalue weighted by atomic mass is 79.9. The first kappa shape index (κ1) is 16.7. The summed E-state index contributed by atoms with van der Waals surface area (Å²) in [4.78, 5) is 11.7. The number of nitrogens with one attached hydrogen (secondary N) is 1. The van der Waals surface area contributed by atoms with Crippen LogP contribution in [0.15, 0.2) is 22.7 Å². The second-order valence-corrected chi connectivity index (χ2v) is 5.19. The number of anilines is 1. The first-order valence-corrected chi connectivity index (χ1v) is 6.46. The molecule has 4 nitrogen and oxygen atoms in total. The summed E-state index contributed by atoms with van der Waals surface area (Å²) >= 11 is 7.67. The van der Waals surface area contributed by atoms with Crippen LogP contribution in [0.1, 0.15) is 6.92 Å². The van der Waals surface area contributed by atoms with Crippen molar-refractivity contribution in [1.82, 2.24) is 0 Å². The Bertz CT molecular complexity index is 537. The fourth-order valence-electron chi connectivity index (χ4n) is 1.18. The lowest BCUT2D eigenvalue weighted by Gasteiger charge is -2.16. The van der Waals surface area contributed by atoms with Crippen molar-refractivity contribution < 1.29 is 22.7 Å². The van der Waals surface area contributed by atoms with Crippen LogP contribution in [0, 0.1) is 5.92 Å². The van der Waals surface area contributed by atoms with Crippen molar-refractivity contribution in [2.45, 2.75) is 13.3 Å². The molecule has 1 aromatic carbocycles. The van der Waals surface area contributed by atoms with Gasteiger partial charge in [-0.25, -0.2) is 0 Å². The SMILES string of the molecule is CC(C(=O)Nc1ccc(Br)cc1OC(F)(F)F)C(N)=S. The summed E-state index contributed by atoms with van der Waals surface area (Å²) in [5.41, 5.74) is 5.18. The lowest BCUT2D eigenvalue weighted by molar-refractivity contribution is -0.274. The number of amides is 1. The Morgan fingerprint density at radius 3 is 2.60 bits per heavy atom. The predicted molar refractivity (Wildman–Crippen MR) is 75.4 cm³/mol. The van der Waals surface area contributed by atoms with Crippen molar-refractivity contribution in [2.75, 3.05) is 5.32 Å². The van der Waals surface area contributed by atoms with Gasteiger partial charge in [0, 0.05) is 4.47 Å². The van der Waals surface area contributed by atoms with Gasteiger partial charge in [-0.15, -0.1) is 13.2 Å². The van der Waals surface area contributed by atoms with Crippen LogP contribution >= 0.6 is 28.1 Å². The minimum atomic E-state index is -4.87. The predicted octanol–water partition coefficient (Wildman–Crippen LogP) is 3.21. The first-order chi connectivity index (χ1) is 9.10. The van der Waals surface area contributed by atoms with Crippen LogP contribution in [0.2, 0.25) is 0 Å². The third-order valence-corrected chi connectivity index (χ3v) is 3.09. The Morgan fingerprint density at radius 2 is 2.10 bits per heavy atom. The summed E-state index contributed by atoms with van der Waals surface area (Å²) in [5, 5.41) is 2.29. The second kappa shape index (κ2) is 6.40. The average molecular weight is 371 g/mol. The largest absolute Gasteiger partial charge is 0.573 e. The quantitative estimate of drug-likeness (QED) is 0.798. The van der Waals surface area contributed by atoms with E-state index in [-0.39, 0.29) is 10.7 Å². The van der Waals surface area contributed by atoms with Gasteiger partial charge in [0.15, 0.2) is 5.75 Å². The monoisotopic (exact) mass is 370 g/mol. The molecule has 20 heavy (non-hydrogen) atoms. The number of hydrogen-bond donors (Lipinski definition) is 2. The fourth-order valence-corrected chi connectivity index (χ4v) is 1.63. The van der Waals surface area contributed by atoms with Crippen molar-refractivity contribution in [3.8, 4) is 5.75 Å². The summed E-state index contributed by atoms with van der Waals surface area (Å²) in [7, 11) is 0. The number of alkyl halides is 3. The Hall–Kier alpha value is -1.35. The van der Waals surface area contributed by atoms with Gasteiger partial charge in [0.2, 0.25) is 5.91 Å². The van der Waals surface area contributed by atoms with Crippen molar-refractivity contribution in [1.29, 1.82) is 0 Å². The van der Waals surface area contributed by atoms with Gasteiger partial charge in [-0.2, -0.15) is 0 Å². The number of hydrogen-bond acceptors (Lipinski definition) is 3. The third kappa shape index (κ3) is 4.97. The van der Waals surface area contributed by atoms with E-state index in [1.165, 1.54) is 19.1 Å². The molecule has 0 saturated carbocycles. The van der Waals surface area contributed by atoms with E-state index < -0.39 is 23.9 Å². The molecule has 0 fully saturated rings. The molecule has 1 aromatic rings. The number of halogens is 4. The lowest BCUT2D eigenvalue weighted by atomic mass is 10.1. The van der Waals surface area contributed by atoms with Gasteiger partial charge in [0.05, 0.1) is 16.6 Å². The van der Waals surface area contributed by atoms with Crippen molar-refractivity contribution in [3.63, 3.8) is 0 Å². The molecule has 0 aliphatic carbocycles. The topological polar surface area (TPSA) is 64.3 Å². The molecular formula is C11H10BrF3N2O2S. The molecule has 9 heteroatoms. The van der Waals surface area contributed by atoms with Crippen molar-refractivity contribution in [2.24, 2.45) is 11.7 Å². The van der Waals surface area contributed by atoms with Crippen LogP contribution in [0.3, 0.4) is 0 Å². The van der Waals surface area contributed by atoms with Crippen LogP contribution in [0.25, 0.3) is 0 Å².